The zero-order valence-electron chi connectivity index (χ0n) is 16.9. The number of amides is 1. The van der Waals surface area contributed by atoms with E-state index in [1.54, 1.807) is 0 Å². The Labute approximate surface area is 181 Å². The molecule has 4 aromatic carbocycles. The second-order valence-electron chi connectivity index (χ2n) is 6.91. The van der Waals surface area contributed by atoms with E-state index in [1.807, 2.05) is 115 Å². The zero-order chi connectivity index (χ0) is 21.3. The summed E-state index contributed by atoms with van der Waals surface area (Å²) >= 11 is 0. The summed E-state index contributed by atoms with van der Waals surface area (Å²) in [5, 5.41) is 6.37. The van der Waals surface area contributed by atoms with E-state index in [0.29, 0.717) is 11.5 Å². The summed E-state index contributed by atoms with van der Waals surface area (Å²) in [7, 11) is 0. The van der Waals surface area contributed by atoms with Gasteiger partial charge in [-0.3, -0.25) is 4.79 Å². The van der Waals surface area contributed by atoms with Crippen molar-refractivity contribution in [1.82, 2.24) is 5.43 Å². The van der Waals surface area contributed by atoms with Gasteiger partial charge >= 0.3 is 0 Å². The van der Waals surface area contributed by atoms with Crippen molar-refractivity contribution in [3.63, 3.8) is 0 Å². The number of ether oxygens (including phenoxy) is 1. The molecule has 152 valence electrons. The lowest BCUT2D eigenvalue weighted by Crippen LogP contribution is -2.25. The topological polar surface area (TPSA) is 50.7 Å². The van der Waals surface area contributed by atoms with Crippen molar-refractivity contribution in [3.05, 3.63) is 120 Å². The van der Waals surface area contributed by atoms with E-state index in [0.717, 1.165) is 21.9 Å². The van der Waals surface area contributed by atoms with Gasteiger partial charge in [-0.05, 0) is 23.1 Å². The van der Waals surface area contributed by atoms with Crippen LogP contribution in [0.25, 0.3) is 16.8 Å². The average Bonchev–Trinajstić information content (AvgIpc) is 2.84. The van der Waals surface area contributed by atoms with Gasteiger partial charge in [0, 0.05) is 10.9 Å². The van der Waals surface area contributed by atoms with E-state index in [4.69, 9.17) is 4.74 Å². The number of carbonyl (C=O) groups is 1. The molecule has 4 aromatic rings. The highest BCUT2D eigenvalue weighted by atomic mass is 16.5. The van der Waals surface area contributed by atoms with Crippen molar-refractivity contribution >= 4 is 28.5 Å². The monoisotopic (exact) mass is 406 g/mol. The number of fused-ring (bicyclic) bond motifs is 1. The molecule has 4 rings (SSSR count). The van der Waals surface area contributed by atoms with Crippen molar-refractivity contribution in [2.24, 2.45) is 5.10 Å². The van der Waals surface area contributed by atoms with E-state index in [2.05, 4.69) is 10.5 Å². The standard InChI is InChI=1S/C27H22N2O2/c30-27(20-31-26-17-9-15-22-12-7-8-16-24(22)26)29-28-25(23-13-5-2-6-14-23)19-18-21-10-3-1-4-11-21/h1-19H,20H2,(H,29,30)/b19-18+,28-25+. The molecule has 1 N–H and O–H groups in total. The minimum absolute atomic E-state index is 0.123. The van der Waals surface area contributed by atoms with Gasteiger partial charge in [0.05, 0.1) is 5.71 Å². The lowest BCUT2D eigenvalue weighted by atomic mass is 10.1. The SMILES string of the molecule is O=C(COc1cccc2ccccc12)N/N=C(\C=C\c1ccccc1)c1ccccc1. The molecule has 0 atom stereocenters. The number of rotatable bonds is 7. The van der Waals surface area contributed by atoms with Gasteiger partial charge in [-0.25, -0.2) is 5.43 Å². The number of nitrogens with one attached hydrogen (secondary N) is 1. The summed E-state index contributed by atoms with van der Waals surface area (Å²) in [6, 6.07) is 33.4. The Morgan fingerprint density at radius 2 is 1.48 bits per heavy atom. The summed E-state index contributed by atoms with van der Waals surface area (Å²) in [4.78, 5) is 12.4. The number of hydrogen-bond donors (Lipinski definition) is 1. The molecule has 31 heavy (non-hydrogen) atoms. The van der Waals surface area contributed by atoms with Crippen LogP contribution in [0.4, 0.5) is 0 Å². The van der Waals surface area contributed by atoms with Crippen LogP contribution >= 0.6 is 0 Å². The predicted molar refractivity (Wildman–Crippen MR) is 126 cm³/mol. The highest BCUT2D eigenvalue weighted by molar-refractivity contribution is 6.11. The van der Waals surface area contributed by atoms with Crippen molar-refractivity contribution in [1.29, 1.82) is 0 Å². The van der Waals surface area contributed by atoms with E-state index < -0.39 is 0 Å². The third-order valence-corrected chi connectivity index (χ3v) is 4.71. The van der Waals surface area contributed by atoms with Crippen molar-refractivity contribution in [2.45, 2.75) is 0 Å². The van der Waals surface area contributed by atoms with Crippen LogP contribution in [-0.4, -0.2) is 18.2 Å². The van der Waals surface area contributed by atoms with Crippen LogP contribution in [0.2, 0.25) is 0 Å². The Morgan fingerprint density at radius 1 is 0.806 bits per heavy atom. The minimum Gasteiger partial charge on any atom is -0.483 e. The highest BCUT2D eigenvalue weighted by Gasteiger charge is 2.06. The smallest absolute Gasteiger partial charge is 0.277 e. The summed E-state index contributed by atoms with van der Waals surface area (Å²) in [6.07, 6.45) is 3.85. The number of allylic oxidation sites excluding steroid dienone is 1. The van der Waals surface area contributed by atoms with Crippen LogP contribution in [0.1, 0.15) is 11.1 Å². The van der Waals surface area contributed by atoms with Crippen LogP contribution in [0.15, 0.2) is 114 Å². The first-order valence-corrected chi connectivity index (χ1v) is 10.1. The van der Waals surface area contributed by atoms with Crippen molar-refractivity contribution < 1.29 is 9.53 Å². The average molecular weight is 406 g/mol. The van der Waals surface area contributed by atoms with Gasteiger partial charge in [0.25, 0.3) is 5.91 Å². The third kappa shape index (κ3) is 5.46. The largest absolute Gasteiger partial charge is 0.483 e. The zero-order valence-corrected chi connectivity index (χ0v) is 16.9. The second kappa shape index (κ2) is 10.0. The summed E-state index contributed by atoms with van der Waals surface area (Å²) in [5.74, 6) is 0.346. The second-order valence-corrected chi connectivity index (χ2v) is 6.91. The first-order chi connectivity index (χ1) is 15.3. The quantitative estimate of drug-likeness (QED) is 0.328. The molecule has 0 radical (unpaired) electrons. The molecule has 0 bridgehead atoms. The maximum Gasteiger partial charge on any atom is 0.277 e. The maximum atomic E-state index is 12.4. The number of carbonyl (C=O) groups excluding carboxylic acids is 1. The Kier molecular flexibility index (Phi) is 6.51. The number of nitrogens with zero attached hydrogens (tertiary/aromatic N) is 1. The maximum absolute atomic E-state index is 12.4. The molecule has 0 unspecified atom stereocenters. The van der Waals surface area contributed by atoms with Gasteiger partial charge in [0.1, 0.15) is 5.75 Å². The van der Waals surface area contributed by atoms with Crippen LogP contribution in [0, 0.1) is 0 Å². The molecule has 0 aliphatic rings. The molecule has 0 saturated carbocycles. The van der Waals surface area contributed by atoms with E-state index in [1.165, 1.54) is 0 Å². The molecule has 4 nitrogen and oxygen atoms in total. The Bertz CT molecular complexity index is 1210. The molecule has 0 spiro atoms. The predicted octanol–water partition coefficient (Wildman–Crippen LogP) is 5.45. The molecule has 0 fully saturated rings. The Hall–Kier alpha value is -4.18. The fourth-order valence-corrected chi connectivity index (χ4v) is 3.17. The lowest BCUT2D eigenvalue weighted by molar-refractivity contribution is -0.123. The van der Waals surface area contributed by atoms with Crippen molar-refractivity contribution in [2.75, 3.05) is 6.61 Å². The van der Waals surface area contributed by atoms with Crippen LogP contribution in [0.5, 0.6) is 5.75 Å². The Morgan fingerprint density at radius 3 is 2.29 bits per heavy atom. The van der Waals surface area contributed by atoms with Gasteiger partial charge in [-0.2, -0.15) is 5.10 Å². The summed E-state index contributed by atoms with van der Waals surface area (Å²) < 4.78 is 5.75. The number of hydrazone groups is 1. The molecule has 4 heteroatoms. The summed E-state index contributed by atoms with van der Waals surface area (Å²) in [6.45, 7) is -0.123. The lowest BCUT2D eigenvalue weighted by Gasteiger charge is -2.09. The van der Waals surface area contributed by atoms with Gasteiger partial charge < -0.3 is 4.74 Å². The first-order valence-electron chi connectivity index (χ1n) is 10.1. The molecule has 0 aliphatic carbocycles. The molecule has 0 aromatic heterocycles. The van der Waals surface area contributed by atoms with Crippen LogP contribution in [-0.2, 0) is 4.79 Å². The molecule has 0 saturated heterocycles. The summed E-state index contributed by atoms with van der Waals surface area (Å²) in [5.41, 5.74) is 5.22. The molecule has 0 aliphatic heterocycles. The fraction of sp³-hybridized carbons (Fsp3) is 0.0370. The van der Waals surface area contributed by atoms with Gasteiger partial charge in [0.15, 0.2) is 6.61 Å². The first kappa shape index (κ1) is 20.1. The fourth-order valence-electron chi connectivity index (χ4n) is 3.17. The van der Waals surface area contributed by atoms with Crippen molar-refractivity contribution in [3.8, 4) is 5.75 Å². The Balaban J connectivity index is 1.46. The van der Waals surface area contributed by atoms with Gasteiger partial charge in [0.2, 0.25) is 0 Å². The normalized spacial score (nSPS) is 11.5. The molecule has 0 heterocycles. The van der Waals surface area contributed by atoms with Gasteiger partial charge in [-0.15, -0.1) is 0 Å². The van der Waals surface area contributed by atoms with Crippen LogP contribution < -0.4 is 10.2 Å². The van der Waals surface area contributed by atoms with Crippen LogP contribution in [0.3, 0.4) is 0 Å². The van der Waals surface area contributed by atoms with E-state index >= 15 is 0 Å². The minimum atomic E-state index is -0.325. The molecule has 1 amide bonds. The highest BCUT2D eigenvalue weighted by Crippen LogP contribution is 2.24. The molecular weight excluding hydrogens is 384 g/mol. The van der Waals surface area contributed by atoms with Gasteiger partial charge in [-0.1, -0.05) is 103 Å². The van der Waals surface area contributed by atoms with E-state index in [-0.39, 0.29) is 12.5 Å². The van der Waals surface area contributed by atoms with E-state index in [9.17, 15) is 4.79 Å². The number of hydrogen-bond acceptors (Lipinski definition) is 3. The molecular formula is C27H22N2O2. The number of benzene rings is 4. The third-order valence-electron chi connectivity index (χ3n) is 4.71.